The zero-order valence-corrected chi connectivity index (χ0v) is 32.0. The van der Waals surface area contributed by atoms with Crippen LogP contribution in [-0.4, -0.2) is 11.6 Å². The van der Waals surface area contributed by atoms with E-state index in [1.165, 1.54) is 60.8 Å². The summed E-state index contributed by atoms with van der Waals surface area (Å²) >= 11 is 0. The monoisotopic (exact) mass is 720 g/mol. The second kappa shape index (κ2) is 12.4. The van der Waals surface area contributed by atoms with Crippen molar-refractivity contribution >= 4 is 22.3 Å². The summed E-state index contributed by atoms with van der Waals surface area (Å²) in [5, 5.41) is 2.46. The van der Waals surface area contributed by atoms with Crippen LogP contribution in [0.2, 0.25) is 0 Å². The van der Waals surface area contributed by atoms with Crippen molar-refractivity contribution in [2.45, 2.75) is 38.5 Å². The molecule has 0 fully saturated rings. The summed E-state index contributed by atoms with van der Waals surface area (Å²) in [4.78, 5) is 26.3. The number of fused-ring (bicyclic) bond motifs is 8. The van der Waals surface area contributed by atoms with Crippen molar-refractivity contribution in [2.75, 3.05) is 0 Å². The highest BCUT2D eigenvalue weighted by atomic mass is 16.1. The maximum absolute atomic E-state index is 13.2. The normalized spacial score (nSPS) is 14.1. The lowest BCUT2D eigenvalue weighted by molar-refractivity contribution is 0.103. The molecule has 8 aromatic carbocycles. The van der Waals surface area contributed by atoms with Crippen LogP contribution >= 0.6 is 0 Å². The lowest BCUT2D eigenvalue weighted by Crippen LogP contribution is -2.17. The van der Waals surface area contributed by atoms with E-state index in [0.717, 1.165) is 16.7 Å². The summed E-state index contributed by atoms with van der Waals surface area (Å²) in [7, 11) is 0. The summed E-state index contributed by atoms with van der Waals surface area (Å²) < 4.78 is 0. The number of ketones is 2. The zero-order chi connectivity index (χ0) is 38.3. The molecule has 2 heteroatoms. The average Bonchev–Trinajstić information content (AvgIpc) is 3.61. The second-order valence-corrected chi connectivity index (χ2v) is 16.4. The Morgan fingerprint density at radius 1 is 0.339 bits per heavy atom. The summed E-state index contributed by atoms with van der Waals surface area (Å²) in [6, 6.07) is 58.1. The third kappa shape index (κ3) is 5.09. The molecule has 0 saturated carbocycles. The van der Waals surface area contributed by atoms with Crippen molar-refractivity contribution in [2.24, 2.45) is 0 Å². The lowest BCUT2D eigenvalue weighted by Gasteiger charge is -2.24. The van der Waals surface area contributed by atoms with Crippen LogP contribution in [0.5, 0.6) is 0 Å². The van der Waals surface area contributed by atoms with Gasteiger partial charge in [-0.25, -0.2) is 0 Å². The number of hydrogen-bond acceptors (Lipinski definition) is 2. The first-order valence-electron chi connectivity index (χ1n) is 19.4. The van der Waals surface area contributed by atoms with Crippen LogP contribution in [0, 0.1) is 0 Å². The standard InChI is InChI=1S/C54H40O2/c1-53(2)46-29-39(33-19-23-37(24-20-33)51(55)35-13-7-5-8-14-35)27-28-41(46)44-31-48-45(32-47(44)53)50-42-18-12-11-17-40(42)43(30-49(50)54(48,3)4)34-21-25-38(26-22-34)52(56)36-15-9-6-10-16-36/h5-32H,1-4H3. The van der Waals surface area contributed by atoms with Gasteiger partial charge in [-0.1, -0.05) is 173 Å². The minimum atomic E-state index is -0.229. The van der Waals surface area contributed by atoms with Gasteiger partial charge in [0.05, 0.1) is 0 Å². The highest BCUT2D eigenvalue weighted by molar-refractivity contribution is 6.12. The second-order valence-electron chi connectivity index (χ2n) is 16.4. The van der Waals surface area contributed by atoms with E-state index in [1.54, 1.807) is 0 Å². The van der Waals surface area contributed by atoms with Crippen LogP contribution in [0.1, 0.15) is 81.8 Å². The Morgan fingerprint density at radius 2 is 0.768 bits per heavy atom. The molecule has 0 radical (unpaired) electrons. The molecule has 0 spiro atoms. The van der Waals surface area contributed by atoms with E-state index in [-0.39, 0.29) is 22.4 Å². The Hall–Kier alpha value is -6.64. The first-order chi connectivity index (χ1) is 27.1. The number of hydrogen-bond donors (Lipinski definition) is 0. The van der Waals surface area contributed by atoms with Gasteiger partial charge in [0.1, 0.15) is 0 Å². The highest BCUT2D eigenvalue weighted by Gasteiger charge is 2.42. The van der Waals surface area contributed by atoms with E-state index in [9.17, 15) is 9.59 Å². The van der Waals surface area contributed by atoms with E-state index < -0.39 is 0 Å². The van der Waals surface area contributed by atoms with Gasteiger partial charge in [0, 0.05) is 33.1 Å². The minimum absolute atomic E-state index is 0.0344. The summed E-state index contributed by atoms with van der Waals surface area (Å²) in [5.74, 6) is 0.0716. The van der Waals surface area contributed by atoms with E-state index >= 15 is 0 Å². The lowest BCUT2D eigenvalue weighted by atomic mass is 9.78. The molecule has 0 bridgehead atoms. The van der Waals surface area contributed by atoms with Crippen LogP contribution in [0.15, 0.2) is 170 Å². The molecule has 0 unspecified atom stereocenters. The Labute approximate surface area is 328 Å². The fraction of sp³-hybridized carbons (Fsp3) is 0.111. The fourth-order valence-corrected chi connectivity index (χ4v) is 9.35. The summed E-state index contributed by atoms with van der Waals surface area (Å²) in [5.41, 5.74) is 17.5. The molecule has 0 amide bonds. The number of carbonyl (C=O) groups excluding carboxylic acids is 2. The summed E-state index contributed by atoms with van der Waals surface area (Å²) in [6.45, 7) is 9.43. The van der Waals surface area contributed by atoms with Crippen LogP contribution in [0.3, 0.4) is 0 Å². The molecule has 2 nitrogen and oxygen atoms in total. The molecule has 56 heavy (non-hydrogen) atoms. The quantitative estimate of drug-likeness (QED) is 0.160. The van der Waals surface area contributed by atoms with Crippen LogP contribution in [0.25, 0.3) is 55.3 Å². The molecular weight excluding hydrogens is 681 g/mol. The van der Waals surface area contributed by atoms with Gasteiger partial charge >= 0.3 is 0 Å². The SMILES string of the molecule is CC1(C)c2cc(-c3ccc(C(=O)c4ccccc4)cc3)ccc2-c2cc3c(cc21)-c1c(cc(-c2ccc(C(=O)c4ccccc4)cc2)c2ccccc12)C3(C)C. The maximum atomic E-state index is 13.2. The first-order valence-corrected chi connectivity index (χ1v) is 19.4. The van der Waals surface area contributed by atoms with Gasteiger partial charge in [0.2, 0.25) is 0 Å². The first kappa shape index (κ1) is 33.9. The van der Waals surface area contributed by atoms with Gasteiger partial charge in [-0.05, 0) is 102 Å². The fourth-order valence-electron chi connectivity index (χ4n) is 9.35. The van der Waals surface area contributed by atoms with E-state index in [2.05, 4.69) is 113 Å². The molecule has 0 N–H and O–H groups in total. The third-order valence-electron chi connectivity index (χ3n) is 12.5. The Kier molecular flexibility index (Phi) is 7.53. The Bertz CT molecular complexity index is 2890. The van der Waals surface area contributed by atoms with Crippen molar-refractivity contribution in [1.29, 1.82) is 0 Å². The van der Waals surface area contributed by atoms with E-state index in [1.807, 2.05) is 84.9 Å². The smallest absolute Gasteiger partial charge is 0.193 e. The molecule has 0 atom stereocenters. The molecule has 268 valence electrons. The van der Waals surface area contributed by atoms with E-state index in [4.69, 9.17) is 0 Å². The van der Waals surface area contributed by atoms with Crippen molar-refractivity contribution in [3.8, 4) is 44.5 Å². The zero-order valence-electron chi connectivity index (χ0n) is 32.0. The van der Waals surface area contributed by atoms with Crippen LogP contribution < -0.4 is 0 Å². The average molecular weight is 721 g/mol. The number of rotatable bonds is 6. The van der Waals surface area contributed by atoms with Crippen molar-refractivity contribution in [3.05, 3.63) is 214 Å². The highest BCUT2D eigenvalue weighted by Crippen LogP contribution is 2.58. The van der Waals surface area contributed by atoms with Gasteiger partial charge in [0.15, 0.2) is 11.6 Å². The minimum Gasteiger partial charge on any atom is -0.289 e. The van der Waals surface area contributed by atoms with Crippen molar-refractivity contribution in [1.82, 2.24) is 0 Å². The number of benzene rings is 8. The van der Waals surface area contributed by atoms with Crippen LogP contribution in [-0.2, 0) is 10.8 Å². The molecule has 0 aliphatic heterocycles. The van der Waals surface area contributed by atoms with Gasteiger partial charge in [0.25, 0.3) is 0 Å². The predicted octanol–water partition coefficient (Wildman–Crippen LogP) is 13.2. The molecular formula is C54H40O2. The Morgan fingerprint density at radius 3 is 1.38 bits per heavy atom. The van der Waals surface area contributed by atoms with Crippen molar-refractivity contribution < 1.29 is 9.59 Å². The largest absolute Gasteiger partial charge is 0.289 e. The van der Waals surface area contributed by atoms with Gasteiger partial charge in [-0.3, -0.25) is 9.59 Å². The van der Waals surface area contributed by atoms with Crippen molar-refractivity contribution in [3.63, 3.8) is 0 Å². The molecule has 10 rings (SSSR count). The molecule has 0 heterocycles. The van der Waals surface area contributed by atoms with Crippen LogP contribution in [0.4, 0.5) is 0 Å². The molecule has 0 saturated heterocycles. The van der Waals surface area contributed by atoms with Gasteiger partial charge < -0.3 is 0 Å². The topological polar surface area (TPSA) is 34.1 Å². The molecule has 2 aliphatic carbocycles. The van der Waals surface area contributed by atoms with Gasteiger partial charge in [-0.15, -0.1) is 0 Å². The molecule has 2 aliphatic rings. The number of carbonyl (C=O) groups is 2. The predicted molar refractivity (Wildman–Crippen MR) is 230 cm³/mol. The third-order valence-corrected chi connectivity index (χ3v) is 12.5. The van der Waals surface area contributed by atoms with E-state index in [0.29, 0.717) is 22.3 Å². The Balaban J connectivity index is 1.03. The molecule has 8 aromatic rings. The summed E-state index contributed by atoms with van der Waals surface area (Å²) in [6.07, 6.45) is 0. The van der Waals surface area contributed by atoms with Gasteiger partial charge in [-0.2, -0.15) is 0 Å². The molecule has 0 aromatic heterocycles. The maximum Gasteiger partial charge on any atom is 0.193 e.